The van der Waals surface area contributed by atoms with Gasteiger partial charge in [0.2, 0.25) is 0 Å². The summed E-state index contributed by atoms with van der Waals surface area (Å²) >= 11 is 0. The Morgan fingerprint density at radius 2 is 2.09 bits per heavy atom. The third kappa shape index (κ3) is 1.95. The first-order valence-corrected chi connectivity index (χ1v) is 4.17. The summed E-state index contributed by atoms with van der Waals surface area (Å²) in [6.45, 7) is 5.79. The summed E-state index contributed by atoms with van der Waals surface area (Å²) in [4.78, 5) is 10.7. The van der Waals surface area contributed by atoms with Crippen LogP contribution < -0.4 is 0 Å². The minimum atomic E-state index is -0.670. The molecule has 0 heterocycles. The van der Waals surface area contributed by atoms with Crippen LogP contribution in [-0.4, -0.2) is 11.1 Å². The molecule has 1 saturated carbocycles. The van der Waals surface area contributed by atoms with E-state index in [0.717, 1.165) is 12.3 Å². The molecule has 0 amide bonds. The molecule has 1 aliphatic carbocycles. The largest absolute Gasteiger partial charge is 0.481 e. The van der Waals surface area contributed by atoms with Gasteiger partial charge in [-0.15, -0.1) is 0 Å². The molecule has 1 N–H and O–H groups in total. The molecule has 1 aliphatic rings. The third-order valence-electron chi connectivity index (χ3n) is 2.63. The molecular weight excluding hydrogens is 140 g/mol. The van der Waals surface area contributed by atoms with Crippen molar-refractivity contribution in [2.75, 3.05) is 0 Å². The van der Waals surface area contributed by atoms with Crippen molar-refractivity contribution in [3.05, 3.63) is 0 Å². The number of hydrogen-bond acceptors (Lipinski definition) is 1. The number of carboxylic acids is 1. The minimum Gasteiger partial charge on any atom is -0.481 e. The normalized spacial score (nSPS) is 30.1. The van der Waals surface area contributed by atoms with Gasteiger partial charge in [0.05, 0.1) is 5.41 Å². The Balaban J connectivity index is 2.40. The van der Waals surface area contributed by atoms with Crippen LogP contribution in [0.4, 0.5) is 0 Å². The molecule has 1 fully saturated rings. The van der Waals surface area contributed by atoms with E-state index in [4.69, 9.17) is 5.11 Å². The molecule has 2 heteroatoms. The fourth-order valence-corrected chi connectivity index (χ4v) is 1.43. The molecule has 2 atom stereocenters. The lowest BCUT2D eigenvalue weighted by molar-refractivity contribution is -0.147. The van der Waals surface area contributed by atoms with Crippen LogP contribution in [0.1, 0.15) is 33.6 Å². The fraction of sp³-hybridized carbons (Fsp3) is 0.889. The zero-order chi connectivity index (χ0) is 8.65. The lowest BCUT2D eigenvalue weighted by atomic mass is 9.87. The van der Waals surface area contributed by atoms with Gasteiger partial charge in [-0.1, -0.05) is 6.92 Å². The highest BCUT2D eigenvalue weighted by molar-refractivity contribution is 5.73. The second-order valence-corrected chi connectivity index (χ2v) is 4.37. The van der Waals surface area contributed by atoms with Crippen molar-refractivity contribution in [3.8, 4) is 0 Å². The van der Waals surface area contributed by atoms with Crippen molar-refractivity contribution in [3.63, 3.8) is 0 Å². The van der Waals surface area contributed by atoms with E-state index in [1.807, 2.05) is 0 Å². The van der Waals surface area contributed by atoms with E-state index < -0.39 is 11.4 Å². The van der Waals surface area contributed by atoms with Crippen molar-refractivity contribution in [2.45, 2.75) is 33.6 Å². The molecule has 0 saturated heterocycles. The van der Waals surface area contributed by atoms with Crippen molar-refractivity contribution < 1.29 is 9.90 Å². The first-order chi connectivity index (χ1) is 4.93. The van der Waals surface area contributed by atoms with E-state index in [2.05, 4.69) is 6.92 Å². The topological polar surface area (TPSA) is 37.3 Å². The molecule has 0 spiro atoms. The van der Waals surface area contributed by atoms with Crippen molar-refractivity contribution in [2.24, 2.45) is 17.3 Å². The van der Waals surface area contributed by atoms with Gasteiger partial charge in [0.25, 0.3) is 0 Å². The fourth-order valence-electron chi connectivity index (χ4n) is 1.43. The van der Waals surface area contributed by atoms with E-state index >= 15 is 0 Å². The van der Waals surface area contributed by atoms with E-state index in [1.165, 1.54) is 6.42 Å². The van der Waals surface area contributed by atoms with E-state index in [9.17, 15) is 4.79 Å². The number of carboxylic acid groups (broad SMARTS) is 1. The summed E-state index contributed by atoms with van der Waals surface area (Å²) in [6, 6.07) is 0. The lowest BCUT2D eigenvalue weighted by Gasteiger charge is -2.18. The van der Waals surface area contributed by atoms with E-state index in [1.54, 1.807) is 13.8 Å². The Morgan fingerprint density at radius 3 is 2.36 bits per heavy atom. The number of rotatable bonds is 3. The molecule has 0 bridgehead atoms. The molecule has 2 unspecified atom stereocenters. The monoisotopic (exact) mass is 156 g/mol. The molecular formula is C9H16O2. The van der Waals surface area contributed by atoms with Gasteiger partial charge in [0, 0.05) is 0 Å². The van der Waals surface area contributed by atoms with Crippen LogP contribution in [0.5, 0.6) is 0 Å². The number of aliphatic carboxylic acids is 1. The van der Waals surface area contributed by atoms with Gasteiger partial charge in [0.1, 0.15) is 0 Å². The SMILES string of the molecule is CC1CC1CC(C)(C)C(=O)O. The van der Waals surface area contributed by atoms with Gasteiger partial charge in [-0.2, -0.15) is 0 Å². The molecule has 0 aromatic carbocycles. The molecule has 0 aromatic heterocycles. The summed E-state index contributed by atoms with van der Waals surface area (Å²) in [6.07, 6.45) is 2.06. The van der Waals surface area contributed by atoms with Crippen molar-refractivity contribution in [1.29, 1.82) is 0 Å². The first kappa shape index (κ1) is 8.57. The molecule has 11 heavy (non-hydrogen) atoms. The maximum atomic E-state index is 10.7. The van der Waals surface area contributed by atoms with Crippen LogP contribution in [0, 0.1) is 17.3 Å². The zero-order valence-corrected chi connectivity index (χ0v) is 7.42. The van der Waals surface area contributed by atoms with Crippen molar-refractivity contribution in [1.82, 2.24) is 0 Å². The highest BCUT2D eigenvalue weighted by Gasteiger charge is 2.40. The zero-order valence-electron chi connectivity index (χ0n) is 7.42. The maximum absolute atomic E-state index is 10.7. The highest BCUT2D eigenvalue weighted by atomic mass is 16.4. The number of hydrogen-bond donors (Lipinski definition) is 1. The Labute approximate surface area is 67.6 Å². The van der Waals surface area contributed by atoms with Gasteiger partial charge < -0.3 is 5.11 Å². The third-order valence-corrected chi connectivity index (χ3v) is 2.63. The number of carbonyl (C=O) groups is 1. The molecule has 2 nitrogen and oxygen atoms in total. The summed E-state index contributed by atoms with van der Waals surface area (Å²) in [5, 5.41) is 8.80. The first-order valence-electron chi connectivity index (χ1n) is 4.17. The standard InChI is InChI=1S/C9H16O2/c1-6-4-7(6)5-9(2,3)8(10)11/h6-7H,4-5H2,1-3H3,(H,10,11). The molecule has 0 radical (unpaired) electrons. The predicted octanol–water partition coefficient (Wildman–Crippen LogP) is 2.14. The van der Waals surface area contributed by atoms with E-state index in [0.29, 0.717) is 5.92 Å². The van der Waals surface area contributed by atoms with Crippen LogP contribution >= 0.6 is 0 Å². The van der Waals surface area contributed by atoms with Crippen LogP contribution in [0.15, 0.2) is 0 Å². The van der Waals surface area contributed by atoms with Crippen LogP contribution in [-0.2, 0) is 4.79 Å². The second kappa shape index (κ2) is 2.50. The second-order valence-electron chi connectivity index (χ2n) is 4.37. The summed E-state index contributed by atoms with van der Waals surface area (Å²) in [5.74, 6) is 0.756. The van der Waals surface area contributed by atoms with Crippen LogP contribution in [0.25, 0.3) is 0 Å². The Kier molecular flexibility index (Phi) is 1.95. The highest BCUT2D eigenvalue weighted by Crippen LogP contribution is 2.45. The van der Waals surface area contributed by atoms with Crippen LogP contribution in [0.3, 0.4) is 0 Å². The average Bonchev–Trinajstić information content (AvgIpc) is 2.45. The lowest BCUT2D eigenvalue weighted by Crippen LogP contribution is -2.24. The van der Waals surface area contributed by atoms with Crippen molar-refractivity contribution >= 4 is 5.97 Å². The van der Waals surface area contributed by atoms with Gasteiger partial charge in [-0.25, -0.2) is 0 Å². The quantitative estimate of drug-likeness (QED) is 0.679. The molecule has 0 aliphatic heterocycles. The minimum absolute atomic E-state index is 0.518. The van der Waals surface area contributed by atoms with Gasteiger partial charge in [0.15, 0.2) is 0 Å². The average molecular weight is 156 g/mol. The van der Waals surface area contributed by atoms with Gasteiger partial charge >= 0.3 is 5.97 Å². The summed E-state index contributed by atoms with van der Waals surface area (Å²) in [5.41, 5.74) is -0.518. The Bertz CT molecular complexity index is 172. The van der Waals surface area contributed by atoms with E-state index in [-0.39, 0.29) is 0 Å². The Hall–Kier alpha value is -0.530. The summed E-state index contributed by atoms with van der Waals surface area (Å²) < 4.78 is 0. The summed E-state index contributed by atoms with van der Waals surface area (Å²) in [7, 11) is 0. The van der Waals surface area contributed by atoms with Gasteiger partial charge in [-0.3, -0.25) is 4.79 Å². The molecule has 0 aromatic rings. The molecule has 64 valence electrons. The Morgan fingerprint density at radius 1 is 1.64 bits per heavy atom. The van der Waals surface area contributed by atoms with Gasteiger partial charge in [-0.05, 0) is 38.5 Å². The predicted molar refractivity (Wildman–Crippen MR) is 43.3 cm³/mol. The maximum Gasteiger partial charge on any atom is 0.309 e. The molecule has 1 rings (SSSR count). The smallest absolute Gasteiger partial charge is 0.309 e. The van der Waals surface area contributed by atoms with Crippen LogP contribution in [0.2, 0.25) is 0 Å².